The Balaban J connectivity index is 1.51. The third kappa shape index (κ3) is 5.77. The number of aromatic nitrogens is 1. The number of hydrogen-bond acceptors (Lipinski definition) is 3. The lowest BCUT2D eigenvalue weighted by Crippen LogP contribution is -2.24. The van der Waals surface area contributed by atoms with Crippen molar-refractivity contribution in [1.29, 1.82) is 0 Å². The van der Waals surface area contributed by atoms with Crippen LogP contribution in [0.2, 0.25) is 0 Å². The van der Waals surface area contributed by atoms with E-state index in [1.165, 1.54) is 5.56 Å². The van der Waals surface area contributed by atoms with Gasteiger partial charge in [-0.2, -0.15) is 0 Å². The highest BCUT2D eigenvalue weighted by Gasteiger charge is 2.14. The molecule has 5 nitrogen and oxygen atoms in total. The molecule has 0 radical (unpaired) electrons. The molecule has 0 aliphatic rings. The Bertz CT molecular complexity index is 989. The normalized spacial score (nSPS) is 11.0. The van der Waals surface area contributed by atoms with Gasteiger partial charge < -0.3 is 10.6 Å². The third-order valence-corrected chi connectivity index (χ3v) is 4.84. The van der Waals surface area contributed by atoms with E-state index in [0.29, 0.717) is 24.2 Å². The predicted octanol–water partition coefficient (Wildman–Crippen LogP) is 4.24. The van der Waals surface area contributed by atoms with Gasteiger partial charge in [0, 0.05) is 23.9 Å². The molecule has 0 saturated carbocycles. The van der Waals surface area contributed by atoms with Crippen LogP contribution >= 0.6 is 0 Å². The smallest absolute Gasteiger partial charge is 0.251 e. The number of benzene rings is 2. The summed E-state index contributed by atoms with van der Waals surface area (Å²) in [4.78, 5) is 28.8. The van der Waals surface area contributed by atoms with E-state index in [4.69, 9.17) is 0 Å². The molecule has 0 saturated heterocycles. The van der Waals surface area contributed by atoms with Crippen molar-refractivity contribution in [3.63, 3.8) is 0 Å². The summed E-state index contributed by atoms with van der Waals surface area (Å²) in [7, 11) is 0. The SMILES string of the molecule is CC(C)(C)c1ccc(C(=O)NCc2ccc(C(=O)NCc3ccccn3)cc2)cc1. The predicted molar refractivity (Wildman–Crippen MR) is 118 cm³/mol. The van der Waals surface area contributed by atoms with Crippen LogP contribution in [-0.4, -0.2) is 16.8 Å². The maximum absolute atomic E-state index is 12.4. The van der Waals surface area contributed by atoms with Crippen LogP contribution in [0.4, 0.5) is 0 Å². The zero-order valence-electron chi connectivity index (χ0n) is 17.6. The minimum Gasteiger partial charge on any atom is -0.348 e. The molecule has 5 heteroatoms. The summed E-state index contributed by atoms with van der Waals surface area (Å²) in [5, 5.41) is 5.77. The summed E-state index contributed by atoms with van der Waals surface area (Å²) >= 11 is 0. The summed E-state index contributed by atoms with van der Waals surface area (Å²) in [5.41, 5.74) is 4.18. The largest absolute Gasteiger partial charge is 0.348 e. The molecule has 0 aliphatic heterocycles. The summed E-state index contributed by atoms with van der Waals surface area (Å²) in [6, 6.07) is 20.5. The van der Waals surface area contributed by atoms with Gasteiger partial charge in [-0.15, -0.1) is 0 Å². The van der Waals surface area contributed by atoms with Crippen molar-refractivity contribution in [1.82, 2.24) is 15.6 Å². The van der Waals surface area contributed by atoms with Crippen LogP contribution in [-0.2, 0) is 18.5 Å². The number of rotatable bonds is 6. The van der Waals surface area contributed by atoms with Gasteiger partial charge in [0.05, 0.1) is 12.2 Å². The first-order valence-electron chi connectivity index (χ1n) is 9.99. The van der Waals surface area contributed by atoms with Crippen molar-refractivity contribution in [3.8, 4) is 0 Å². The number of pyridine rings is 1. The molecular weight excluding hydrogens is 374 g/mol. The van der Waals surface area contributed by atoms with Gasteiger partial charge in [0.15, 0.2) is 0 Å². The van der Waals surface area contributed by atoms with Crippen LogP contribution in [0.5, 0.6) is 0 Å². The van der Waals surface area contributed by atoms with Crippen molar-refractivity contribution in [2.24, 2.45) is 0 Å². The first kappa shape index (κ1) is 21.2. The summed E-state index contributed by atoms with van der Waals surface area (Å²) in [5.74, 6) is -0.275. The number of amides is 2. The van der Waals surface area contributed by atoms with Crippen LogP contribution in [0.25, 0.3) is 0 Å². The highest BCUT2D eigenvalue weighted by atomic mass is 16.2. The van der Waals surface area contributed by atoms with E-state index < -0.39 is 0 Å². The first-order valence-corrected chi connectivity index (χ1v) is 9.99. The Morgan fingerprint density at radius 3 is 1.87 bits per heavy atom. The molecule has 0 atom stereocenters. The second-order valence-corrected chi connectivity index (χ2v) is 8.21. The second kappa shape index (κ2) is 9.35. The highest BCUT2D eigenvalue weighted by molar-refractivity contribution is 5.95. The number of carbonyl (C=O) groups is 2. The lowest BCUT2D eigenvalue weighted by Gasteiger charge is -2.19. The fraction of sp³-hybridized carbons (Fsp3) is 0.240. The number of carbonyl (C=O) groups excluding carboxylic acids is 2. The van der Waals surface area contributed by atoms with Crippen LogP contribution in [0.15, 0.2) is 72.9 Å². The van der Waals surface area contributed by atoms with Gasteiger partial charge in [0.25, 0.3) is 11.8 Å². The molecule has 0 fully saturated rings. The van der Waals surface area contributed by atoms with Crippen LogP contribution in [0.3, 0.4) is 0 Å². The van der Waals surface area contributed by atoms with Gasteiger partial charge >= 0.3 is 0 Å². The molecule has 3 aromatic rings. The van der Waals surface area contributed by atoms with E-state index >= 15 is 0 Å². The zero-order valence-corrected chi connectivity index (χ0v) is 17.6. The Hall–Kier alpha value is -3.47. The molecule has 1 heterocycles. The van der Waals surface area contributed by atoms with Crippen LogP contribution < -0.4 is 10.6 Å². The molecule has 2 N–H and O–H groups in total. The van der Waals surface area contributed by atoms with E-state index in [1.54, 1.807) is 18.3 Å². The first-order chi connectivity index (χ1) is 14.3. The molecular formula is C25H27N3O2. The number of nitrogens with one attached hydrogen (secondary N) is 2. The fourth-order valence-corrected chi connectivity index (χ4v) is 2.96. The Kier molecular flexibility index (Phi) is 6.62. The summed E-state index contributed by atoms with van der Waals surface area (Å²) in [6.07, 6.45) is 1.70. The van der Waals surface area contributed by atoms with Crippen LogP contribution in [0, 0.1) is 0 Å². The van der Waals surface area contributed by atoms with E-state index in [-0.39, 0.29) is 17.2 Å². The Labute approximate surface area is 177 Å². The third-order valence-electron chi connectivity index (χ3n) is 4.84. The average molecular weight is 402 g/mol. The highest BCUT2D eigenvalue weighted by Crippen LogP contribution is 2.22. The minimum absolute atomic E-state index is 0.0562. The van der Waals surface area contributed by atoms with Gasteiger partial charge in [0.1, 0.15) is 0 Å². The molecule has 0 bridgehead atoms. The lowest BCUT2D eigenvalue weighted by atomic mass is 9.87. The molecule has 2 amide bonds. The van der Waals surface area contributed by atoms with E-state index in [1.807, 2.05) is 54.6 Å². The maximum atomic E-state index is 12.4. The molecule has 30 heavy (non-hydrogen) atoms. The van der Waals surface area contributed by atoms with Crippen molar-refractivity contribution in [2.75, 3.05) is 0 Å². The second-order valence-electron chi connectivity index (χ2n) is 8.21. The quantitative estimate of drug-likeness (QED) is 0.649. The summed E-state index contributed by atoms with van der Waals surface area (Å²) in [6.45, 7) is 7.21. The van der Waals surface area contributed by atoms with Gasteiger partial charge in [0.2, 0.25) is 0 Å². The van der Waals surface area contributed by atoms with Gasteiger partial charge in [-0.25, -0.2) is 0 Å². The minimum atomic E-state index is -0.157. The van der Waals surface area contributed by atoms with Gasteiger partial charge in [-0.05, 0) is 52.9 Å². The van der Waals surface area contributed by atoms with Crippen LogP contribution in [0.1, 0.15) is 58.3 Å². The fourth-order valence-electron chi connectivity index (χ4n) is 2.96. The van der Waals surface area contributed by atoms with E-state index in [0.717, 1.165) is 11.3 Å². The maximum Gasteiger partial charge on any atom is 0.251 e. The zero-order chi connectivity index (χ0) is 21.6. The van der Waals surface area contributed by atoms with Gasteiger partial charge in [-0.1, -0.05) is 51.1 Å². The summed E-state index contributed by atoms with van der Waals surface area (Å²) < 4.78 is 0. The molecule has 3 rings (SSSR count). The van der Waals surface area contributed by atoms with E-state index in [2.05, 4.69) is 36.4 Å². The van der Waals surface area contributed by atoms with Gasteiger partial charge in [-0.3, -0.25) is 14.6 Å². The van der Waals surface area contributed by atoms with Crippen molar-refractivity contribution in [2.45, 2.75) is 39.3 Å². The number of nitrogens with zero attached hydrogens (tertiary/aromatic N) is 1. The topological polar surface area (TPSA) is 71.1 Å². The standard InChI is InChI=1S/C25H27N3O2/c1-25(2,3)21-13-11-20(12-14-21)23(29)27-16-18-7-9-19(10-8-18)24(30)28-17-22-6-4-5-15-26-22/h4-15H,16-17H2,1-3H3,(H,27,29)(H,28,30). The van der Waals surface area contributed by atoms with Crippen molar-refractivity contribution < 1.29 is 9.59 Å². The molecule has 0 unspecified atom stereocenters. The van der Waals surface area contributed by atoms with E-state index in [9.17, 15) is 9.59 Å². The lowest BCUT2D eigenvalue weighted by molar-refractivity contribution is 0.0941. The average Bonchev–Trinajstić information content (AvgIpc) is 2.76. The Morgan fingerprint density at radius 2 is 1.33 bits per heavy atom. The number of hydrogen-bond donors (Lipinski definition) is 2. The molecule has 154 valence electrons. The molecule has 2 aromatic carbocycles. The molecule has 0 spiro atoms. The molecule has 1 aromatic heterocycles. The van der Waals surface area contributed by atoms with Crippen molar-refractivity contribution >= 4 is 11.8 Å². The van der Waals surface area contributed by atoms with Crippen molar-refractivity contribution in [3.05, 3.63) is 101 Å². The Morgan fingerprint density at radius 1 is 0.767 bits per heavy atom. The molecule has 0 aliphatic carbocycles. The monoisotopic (exact) mass is 401 g/mol.